The minimum atomic E-state index is -0.299. The summed E-state index contributed by atoms with van der Waals surface area (Å²) in [6, 6.07) is 42.6. The summed E-state index contributed by atoms with van der Waals surface area (Å²) >= 11 is 0. The van der Waals surface area contributed by atoms with Crippen molar-refractivity contribution in [2.75, 3.05) is 5.32 Å². The SMILES string of the molecule is CC(C)(C)c1ccc(Nc2ccc3c(c2)C2(c4ccccc4-c4ccccc42)c2ccccc2-3)cc1. The van der Waals surface area contributed by atoms with Gasteiger partial charge in [-0.3, -0.25) is 0 Å². The van der Waals surface area contributed by atoms with Crippen molar-refractivity contribution >= 4 is 11.4 Å². The third kappa shape index (κ3) is 2.83. The second-order valence-electron chi connectivity index (χ2n) is 11.1. The Balaban J connectivity index is 1.43. The van der Waals surface area contributed by atoms with Crippen LogP contribution in [0.2, 0.25) is 0 Å². The zero-order valence-corrected chi connectivity index (χ0v) is 21.0. The van der Waals surface area contributed by atoms with Crippen LogP contribution in [0, 0.1) is 0 Å². The van der Waals surface area contributed by atoms with E-state index in [0.29, 0.717) is 0 Å². The van der Waals surface area contributed by atoms with E-state index in [1.165, 1.54) is 50.1 Å². The van der Waals surface area contributed by atoms with Gasteiger partial charge in [0.2, 0.25) is 0 Å². The zero-order chi connectivity index (χ0) is 24.5. The van der Waals surface area contributed by atoms with Crippen molar-refractivity contribution in [1.29, 1.82) is 0 Å². The lowest BCUT2D eigenvalue weighted by Crippen LogP contribution is -2.25. The highest BCUT2D eigenvalue weighted by molar-refractivity contribution is 5.95. The molecular weight excluding hydrogens is 434 g/mol. The van der Waals surface area contributed by atoms with Crippen molar-refractivity contribution < 1.29 is 0 Å². The molecular formula is C35H29N. The molecule has 0 saturated carbocycles. The molecule has 0 fully saturated rings. The maximum absolute atomic E-state index is 3.69. The maximum Gasteiger partial charge on any atom is 0.0726 e. The lowest BCUT2D eigenvalue weighted by atomic mass is 9.70. The first-order chi connectivity index (χ1) is 17.5. The molecule has 0 atom stereocenters. The molecule has 2 aliphatic rings. The van der Waals surface area contributed by atoms with Crippen LogP contribution in [-0.2, 0) is 10.8 Å². The minimum absolute atomic E-state index is 0.146. The average Bonchev–Trinajstić information content (AvgIpc) is 3.36. The Hall–Kier alpha value is -4.10. The summed E-state index contributed by atoms with van der Waals surface area (Å²) < 4.78 is 0. The second kappa shape index (κ2) is 7.45. The molecule has 7 rings (SSSR count). The summed E-state index contributed by atoms with van der Waals surface area (Å²) in [5, 5.41) is 3.69. The Morgan fingerprint density at radius 3 is 1.42 bits per heavy atom. The van der Waals surface area contributed by atoms with Gasteiger partial charge in [0.1, 0.15) is 0 Å². The first-order valence-electron chi connectivity index (χ1n) is 12.8. The van der Waals surface area contributed by atoms with E-state index < -0.39 is 0 Å². The van der Waals surface area contributed by atoms with Gasteiger partial charge < -0.3 is 5.32 Å². The van der Waals surface area contributed by atoms with Gasteiger partial charge in [0.15, 0.2) is 0 Å². The molecule has 0 saturated heterocycles. The Morgan fingerprint density at radius 2 is 0.917 bits per heavy atom. The molecule has 36 heavy (non-hydrogen) atoms. The van der Waals surface area contributed by atoms with Crippen molar-refractivity contribution in [3.8, 4) is 22.3 Å². The fourth-order valence-electron chi connectivity index (χ4n) is 6.39. The van der Waals surface area contributed by atoms with Crippen molar-refractivity contribution in [3.05, 3.63) is 143 Å². The van der Waals surface area contributed by atoms with Gasteiger partial charge in [0.25, 0.3) is 0 Å². The van der Waals surface area contributed by atoms with Crippen LogP contribution < -0.4 is 5.32 Å². The molecule has 0 radical (unpaired) electrons. The number of hydrogen-bond acceptors (Lipinski definition) is 1. The zero-order valence-electron chi connectivity index (χ0n) is 21.0. The first kappa shape index (κ1) is 21.2. The lowest BCUT2D eigenvalue weighted by Gasteiger charge is -2.30. The summed E-state index contributed by atoms with van der Waals surface area (Å²) in [5.74, 6) is 0. The summed E-state index contributed by atoms with van der Waals surface area (Å²) in [7, 11) is 0. The summed E-state index contributed by atoms with van der Waals surface area (Å²) in [4.78, 5) is 0. The standard InChI is InChI=1S/C35H29N/c1-34(2,3)23-16-18-24(19-17-23)36-25-20-21-29-28-12-6-9-15-32(28)35(33(29)22-25)30-13-7-4-10-26(30)27-11-5-8-14-31(27)35/h4-22,36H,1-3H3. The van der Waals surface area contributed by atoms with Crippen LogP contribution in [0.15, 0.2) is 115 Å². The van der Waals surface area contributed by atoms with Gasteiger partial charge in [-0.2, -0.15) is 0 Å². The number of rotatable bonds is 2. The molecule has 5 aromatic carbocycles. The first-order valence-corrected chi connectivity index (χ1v) is 12.8. The molecule has 0 unspecified atom stereocenters. The normalized spacial score (nSPS) is 14.2. The van der Waals surface area contributed by atoms with Gasteiger partial charge >= 0.3 is 0 Å². The number of fused-ring (bicyclic) bond motifs is 10. The molecule has 2 aliphatic carbocycles. The van der Waals surface area contributed by atoms with Crippen LogP contribution in [0.3, 0.4) is 0 Å². The fourth-order valence-corrected chi connectivity index (χ4v) is 6.39. The number of anilines is 2. The molecule has 1 nitrogen and oxygen atoms in total. The van der Waals surface area contributed by atoms with Crippen molar-refractivity contribution in [2.24, 2.45) is 0 Å². The second-order valence-corrected chi connectivity index (χ2v) is 11.1. The van der Waals surface area contributed by atoms with Gasteiger partial charge in [-0.1, -0.05) is 112 Å². The third-order valence-corrected chi connectivity index (χ3v) is 8.04. The molecule has 0 aromatic heterocycles. The van der Waals surface area contributed by atoms with Gasteiger partial charge in [-0.05, 0) is 79.8 Å². The maximum atomic E-state index is 3.69. The number of benzene rings is 5. The van der Waals surface area contributed by atoms with E-state index in [-0.39, 0.29) is 10.8 Å². The molecule has 0 bridgehead atoms. The third-order valence-electron chi connectivity index (χ3n) is 8.04. The van der Waals surface area contributed by atoms with Crippen LogP contribution in [0.1, 0.15) is 48.6 Å². The van der Waals surface area contributed by atoms with Crippen LogP contribution in [-0.4, -0.2) is 0 Å². The topological polar surface area (TPSA) is 12.0 Å². The van der Waals surface area contributed by atoms with Crippen molar-refractivity contribution in [3.63, 3.8) is 0 Å². The largest absolute Gasteiger partial charge is 0.356 e. The highest BCUT2D eigenvalue weighted by Crippen LogP contribution is 2.62. The van der Waals surface area contributed by atoms with Crippen LogP contribution in [0.5, 0.6) is 0 Å². The van der Waals surface area contributed by atoms with E-state index in [1.54, 1.807) is 0 Å². The van der Waals surface area contributed by atoms with Crippen LogP contribution in [0.25, 0.3) is 22.3 Å². The number of hydrogen-bond donors (Lipinski definition) is 1. The Labute approximate surface area is 213 Å². The van der Waals surface area contributed by atoms with E-state index in [1.807, 2.05) is 0 Å². The molecule has 1 N–H and O–H groups in total. The summed E-state index contributed by atoms with van der Waals surface area (Å²) in [5.41, 5.74) is 14.3. The van der Waals surface area contributed by atoms with E-state index in [2.05, 4.69) is 141 Å². The van der Waals surface area contributed by atoms with E-state index in [4.69, 9.17) is 0 Å². The quantitative estimate of drug-likeness (QED) is 0.270. The molecule has 1 spiro atoms. The predicted octanol–water partition coefficient (Wildman–Crippen LogP) is 9.07. The molecule has 1 heteroatoms. The number of nitrogens with one attached hydrogen (secondary N) is 1. The van der Waals surface area contributed by atoms with E-state index in [0.717, 1.165) is 11.4 Å². The summed E-state index contributed by atoms with van der Waals surface area (Å²) in [6.07, 6.45) is 0. The van der Waals surface area contributed by atoms with E-state index in [9.17, 15) is 0 Å². The van der Waals surface area contributed by atoms with Crippen molar-refractivity contribution in [2.45, 2.75) is 31.6 Å². The highest BCUT2D eigenvalue weighted by atomic mass is 14.9. The lowest BCUT2D eigenvalue weighted by molar-refractivity contribution is 0.590. The van der Waals surface area contributed by atoms with Crippen LogP contribution in [0.4, 0.5) is 11.4 Å². The average molecular weight is 464 g/mol. The fraction of sp³-hybridized carbons (Fsp3) is 0.143. The minimum Gasteiger partial charge on any atom is -0.356 e. The van der Waals surface area contributed by atoms with Crippen molar-refractivity contribution in [1.82, 2.24) is 0 Å². The smallest absolute Gasteiger partial charge is 0.0726 e. The van der Waals surface area contributed by atoms with Gasteiger partial charge in [0.05, 0.1) is 5.41 Å². The molecule has 5 aromatic rings. The molecule has 174 valence electrons. The Bertz CT molecular complexity index is 1570. The molecule has 0 heterocycles. The van der Waals surface area contributed by atoms with Gasteiger partial charge in [-0.15, -0.1) is 0 Å². The van der Waals surface area contributed by atoms with Gasteiger partial charge in [-0.25, -0.2) is 0 Å². The molecule has 0 aliphatic heterocycles. The Kier molecular flexibility index (Phi) is 4.39. The van der Waals surface area contributed by atoms with Crippen LogP contribution >= 0.6 is 0 Å². The van der Waals surface area contributed by atoms with Gasteiger partial charge in [0, 0.05) is 11.4 Å². The highest BCUT2D eigenvalue weighted by Gasteiger charge is 2.51. The van der Waals surface area contributed by atoms with E-state index >= 15 is 0 Å². The summed E-state index contributed by atoms with van der Waals surface area (Å²) in [6.45, 7) is 6.76. The molecule has 0 amide bonds. The monoisotopic (exact) mass is 463 g/mol. The Morgan fingerprint density at radius 1 is 0.472 bits per heavy atom. The predicted molar refractivity (Wildman–Crippen MR) is 151 cm³/mol.